The van der Waals surface area contributed by atoms with Crippen LogP contribution in [0, 0.1) is 12.3 Å². The van der Waals surface area contributed by atoms with Gasteiger partial charge in [0.2, 0.25) is 5.91 Å². The van der Waals surface area contributed by atoms with Crippen molar-refractivity contribution in [3.8, 4) is 18.1 Å². The average Bonchev–Trinajstić information content (AvgIpc) is 2.72. The van der Waals surface area contributed by atoms with Crippen LogP contribution >= 0.6 is 11.8 Å². The van der Waals surface area contributed by atoms with E-state index < -0.39 is 0 Å². The molecule has 1 aromatic carbocycles. The molecule has 1 aliphatic heterocycles. The number of methoxy groups -OCH3 is 1. The predicted molar refractivity (Wildman–Crippen MR) is 68.7 cm³/mol. The maximum atomic E-state index is 11.7. The fourth-order valence-electron chi connectivity index (χ4n) is 1.85. The van der Waals surface area contributed by atoms with Gasteiger partial charge in [0.1, 0.15) is 11.1 Å². The van der Waals surface area contributed by atoms with Crippen molar-refractivity contribution in [1.29, 1.82) is 0 Å². The SMILES string of the molecule is C#CCN1C(=O)CSC1c1ccccc1OC. The number of amides is 1. The second kappa shape index (κ2) is 5.15. The third-order valence-corrected chi connectivity index (χ3v) is 3.87. The Bertz CT molecular complexity index is 467. The molecule has 1 heterocycles. The van der Waals surface area contributed by atoms with Gasteiger partial charge < -0.3 is 9.64 Å². The monoisotopic (exact) mass is 247 g/mol. The van der Waals surface area contributed by atoms with Crippen LogP contribution < -0.4 is 4.74 Å². The van der Waals surface area contributed by atoms with Gasteiger partial charge in [-0.3, -0.25) is 4.79 Å². The molecule has 1 fully saturated rings. The molecule has 1 unspecified atom stereocenters. The standard InChI is InChI=1S/C13H13NO2S/c1-3-8-14-12(15)9-17-13(14)10-6-4-5-7-11(10)16-2/h1,4-7,13H,8-9H2,2H3. The van der Waals surface area contributed by atoms with Crippen LogP contribution in [0.4, 0.5) is 0 Å². The Kier molecular flexibility index (Phi) is 3.60. The van der Waals surface area contributed by atoms with Crippen LogP contribution in [0.2, 0.25) is 0 Å². The van der Waals surface area contributed by atoms with Crippen LogP contribution in [-0.4, -0.2) is 30.2 Å². The summed E-state index contributed by atoms with van der Waals surface area (Å²) in [6.45, 7) is 0.342. The molecule has 1 amide bonds. The van der Waals surface area contributed by atoms with Gasteiger partial charge in [0, 0.05) is 5.56 Å². The minimum Gasteiger partial charge on any atom is -0.496 e. The number of benzene rings is 1. The summed E-state index contributed by atoms with van der Waals surface area (Å²) in [6, 6.07) is 7.72. The molecule has 4 heteroatoms. The summed E-state index contributed by atoms with van der Waals surface area (Å²) in [6.07, 6.45) is 5.30. The number of terminal acetylenes is 1. The largest absolute Gasteiger partial charge is 0.496 e. The fraction of sp³-hybridized carbons (Fsp3) is 0.308. The van der Waals surface area contributed by atoms with Crippen molar-refractivity contribution in [3.05, 3.63) is 29.8 Å². The minimum absolute atomic E-state index is 0.0327. The maximum absolute atomic E-state index is 11.7. The Balaban J connectivity index is 2.33. The van der Waals surface area contributed by atoms with Crippen LogP contribution in [0.5, 0.6) is 5.75 Å². The molecule has 17 heavy (non-hydrogen) atoms. The van der Waals surface area contributed by atoms with Crippen LogP contribution in [0.15, 0.2) is 24.3 Å². The molecule has 0 bridgehead atoms. The molecule has 0 aromatic heterocycles. The summed E-state index contributed by atoms with van der Waals surface area (Å²) in [4.78, 5) is 13.4. The molecule has 0 N–H and O–H groups in total. The predicted octanol–water partition coefficient (Wildman–Crippen LogP) is 1.90. The highest BCUT2D eigenvalue weighted by Gasteiger charge is 2.33. The van der Waals surface area contributed by atoms with Gasteiger partial charge in [-0.15, -0.1) is 18.2 Å². The van der Waals surface area contributed by atoms with Gasteiger partial charge in [-0.25, -0.2) is 0 Å². The molecule has 0 aliphatic carbocycles. The highest BCUT2D eigenvalue weighted by atomic mass is 32.2. The van der Waals surface area contributed by atoms with E-state index in [1.54, 1.807) is 23.8 Å². The summed E-state index contributed by atoms with van der Waals surface area (Å²) in [5.74, 6) is 3.88. The molecule has 1 aromatic rings. The normalized spacial score (nSPS) is 19.2. The lowest BCUT2D eigenvalue weighted by molar-refractivity contribution is -0.127. The molecule has 88 valence electrons. The molecule has 1 aliphatic rings. The Morgan fingerprint density at radius 2 is 2.35 bits per heavy atom. The topological polar surface area (TPSA) is 29.5 Å². The van der Waals surface area contributed by atoms with Crippen LogP contribution in [0.1, 0.15) is 10.9 Å². The Labute approximate surface area is 105 Å². The number of carbonyl (C=O) groups excluding carboxylic acids is 1. The van der Waals surface area contributed by atoms with Gasteiger partial charge in [-0.1, -0.05) is 24.1 Å². The van der Waals surface area contributed by atoms with E-state index in [1.807, 2.05) is 24.3 Å². The van der Waals surface area contributed by atoms with Crippen molar-refractivity contribution in [3.63, 3.8) is 0 Å². The van der Waals surface area contributed by atoms with E-state index in [9.17, 15) is 4.79 Å². The summed E-state index contributed by atoms with van der Waals surface area (Å²) >= 11 is 1.58. The average molecular weight is 247 g/mol. The van der Waals surface area contributed by atoms with Gasteiger partial charge in [0.25, 0.3) is 0 Å². The van der Waals surface area contributed by atoms with Gasteiger partial charge in [0.15, 0.2) is 0 Å². The zero-order chi connectivity index (χ0) is 12.3. The van der Waals surface area contributed by atoms with Crippen molar-refractivity contribution in [2.45, 2.75) is 5.37 Å². The van der Waals surface area contributed by atoms with E-state index in [0.29, 0.717) is 12.3 Å². The first-order valence-electron chi connectivity index (χ1n) is 5.25. The molecular weight excluding hydrogens is 234 g/mol. The number of ether oxygens (including phenoxy) is 1. The van der Waals surface area contributed by atoms with Crippen LogP contribution in [-0.2, 0) is 4.79 Å². The van der Waals surface area contributed by atoms with Gasteiger partial charge in [-0.05, 0) is 6.07 Å². The van der Waals surface area contributed by atoms with Gasteiger partial charge >= 0.3 is 0 Å². The summed E-state index contributed by atoms with van der Waals surface area (Å²) in [5, 5.41) is -0.0327. The molecule has 1 atom stereocenters. The first kappa shape index (κ1) is 11.9. The lowest BCUT2D eigenvalue weighted by Crippen LogP contribution is -2.28. The van der Waals surface area contributed by atoms with Crippen molar-refractivity contribution < 1.29 is 9.53 Å². The first-order chi connectivity index (χ1) is 8.27. The molecule has 0 saturated carbocycles. The molecular formula is C13H13NO2S. The second-order valence-corrected chi connectivity index (χ2v) is 4.70. The minimum atomic E-state index is -0.0327. The molecule has 1 saturated heterocycles. The Morgan fingerprint density at radius 1 is 1.59 bits per heavy atom. The summed E-state index contributed by atoms with van der Waals surface area (Å²) < 4.78 is 5.32. The zero-order valence-corrected chi connectivity index (χ0v) is 10.4. The Morgan fingerprint density at radius 3 is 3.06 bits per heavy atom. The number of carbonyl (C=O) groups is 1. The van der Waals surface area contributed by atoms with Crippen LogP contribution in [0.3, 0.4) is 0 Å². The highest BCUT2D eigenvalue weighted by Crippen LogP contribution is 2.41. The van der Waals surface area contributed by atoms with Crippen LogP contribution in [0.25, 0.3) is 0 Å². The summed E-state index contributed by atoms with van der Waals surface area (Å²) in [7, 11) is 1.63. The first-order valence-corrected chi connectivity index (χ1v) is 6.30. The van der Waals surface area contributed by atoms with E-state index in [-0.39, 0.29) is 11.3 Å². The smallest absolute Gasteiger partial charge is 0.234 e. The van der Waals surface area contributed by atoms with Gasteiger partial charge in [-0.2, -0.15) is 0 Å². The third kappa shape index (κ3) is 2.25. The quantitative estimate of drug-likeness (QED) is 0.764. The lowest BCUT2D eigenvalue weighted by atomic mass is 10.2. The number of hydrogen-bond acceptors (Lipinski definition) is 3. The second-order valence-electron chi connectivity index (χ2n) is 3.63. The van der Waals surface area contributed by atoms with Crippen molar-refractivity contribution in [1.82, 2.24) is 4.90 Å². The number of rotatable bonds is 3. The van der Waals surface area contributed by atoms with Crippen molar-refractivity contribution in [2.24, 2.45) is 0 Å². The van der Waals surface area contributed by atoms with E-state index in [1.165, 1.54) is 0 Å². The number of para-hydroxylation sites is 1. The number of thioether (sulfide) groups is 1. The molecule has 0 spiro atoms. The van der Waals surface area contributed by atoms with Gasteiger partial charge in [0.05, 0.1) is 19.4 Å². The van der Waals surface area contributed by atoms with E-state index in [2.05, 4.69) is 5.92 Å². The van der Waals surface area contributed by atoms with E-state index in [4.69, 9.17) is 11.2 Å². The zero-order valence-electron chi connectivity index (χ0n) is 9.55. The van der Waals surface area contributed by atoms with E-state index >= 15 is 0 Å². The van der Waals surface area contributed by atoms with Crippen molar-refractivity contribution >= 4 is 17.7 Å². The lowest BCUT2D eigenvalue weighted by Gasteiger charge is -2.23. The Hall–Kier alpha value is -1.60. The maximum Gasteiger partial charge on any atom is 0.234 e. The molecule has 3 nitrogen and oxygen atoms in total. The summed E-state index contributed by atoms with van der Waals surface area (Å²) in [5.41, 5.74) is 1.00. The third-order valence-electron chi connectivity index (χ3n) is 2.63. The molecule has 2 rings (SSSR count). The van der Waals surface area contributed by atoms with Crippen molar-refractivity contribution in [2.75, 3.05) is 19.4 Å². The molecule has 0 radical (unpaired) electrons. The fourth-order valence-corrected chi connectivity index (χ4v) is 3.06. The highest BCUT2D eigenvalue weighted by molar-refractivity contribution is 8.00. The number of hydrogen-bond donors (Lipinski definition) is 0. The number of nitrogens with zero attached hydrogens (tertiary/aromatic N) is 1. The van der Waals surface area contributed by atoms with E-state index in [0.717, 1.165) is 11.3 Å².